The van der Waals surface area contributed by atoms with Gasteiger partial charge in [-0.2, -0.15) is 0 Å². The number of anilines is 2. The Morgan fingerprint density at radius 1 is 1.00 bits per heavy atom. The van der Waals surface area contributed by atoms with Crippen molar-refractivity contribution in [2.45, 2.75) is 37.1 Å². The van der Waals surface area contributed by atoms with Crippen LogP contribution in [0, 0.1) is 0 Å². The van der Waals surface area contributed by atoms with Gasteiger partial charge in [0.25, 0.3) is 0 Å². The summed E-state index contributed by atoms with van der Waals surface area (Å²) in [5.41, 5.74) is 4.31. The summed E-state index contributed by atoms with van der Waals surface area (Å²) in [4.78, 5) is 55.4. The highest BCUT2D eigenvalue weighted by Gasteiger charge is 2.56. The molecule has 2 unspecified atom stereocenters. The molecule has 3 aliphatic heterocycles. The predicted octanol–water partition coefficient (Wildman–Crippen LogP) is 1.08. The van der Waals surface area contributed by atoms with Gasteiger partial charge in [-0.25, -0.2) is 0 Å². The minimum Gasteiger partial charge on any atom is -0.480 e. The Balaban J connectivity index is 1.27. The van der Waals surface area contributed by atoms with Crippen molar-refractivity contribution in [2.24, 2.45) is 0 Å². The van der Waals surface area contributed by atoms with Crippen LogP contribution in [0.1, 0.15) is 29.5 Å². The number of carbonyl (C=O) groups is 4. The lowest BCUT2D eigenvalue weighted by atomic mass is 9.79. The second kappa shape index (κ2) is 8.44. The first kappa shape index (κ1) is 22.7. The van der Waals surface area contributed by atoms with Gasteiger partial charge >= 0.3 is 5.97 Å². The van der Waals surface area contributed by atoms with Crippen LogP contribution in [0.5, 0.6) is 0 Å². The first-order chi connectivity index (χ1) is 17.4. The van der Waals surface area contributed by atoms with E-state index in [1.54, 1.807) is 4.90 Å². The van der Waals surface area contributed by atoms with E-state index in [0.717, 1.165) is 41.2 Å². The molecule has 36 heavy (non-hydrogen) atoms. The van der Waals surface area contributed by atoms with Gasteiger partial charge in [0.2, 0.25) is 17.7 Å². The Kier molecular flexibility index (Phi) is 5.33. The minimum atomic E-state index is -0.806. The lowest BCUT2D eigenvalue weighted by Crippen LogP contribution is -2.55. The molecule has 0 radical (unpaired) electrons. The Labute approximate surface area is 208 Å². The average Bonchev–Trinajstić information content (AvgIpc) is 3.35. The first-order valence-electron chi connectivity index (χ1n) is 12.4. The van der Waals surface area contributed by atoms with Crippen LogP contribution >= 0.6 is 0 Å². The van der Waals surface area contributed by atoms with Crippen LogP contribution < -0.4 is 15.1 Å². The maximum atomic E-state index is 14.1. The number of carboxylic acids is 1. The molecule has 186 valence electrons. The molecule has 2 fully saturated rings. The van der Waals surface area contributed by atoms with Gasteiger partial charge in [0.15, 0.2) is 0 Å². The summed E-state index contributed by atoms with van der Waals surface area (Å²) in [7, 11) is 0. The third kappa shape index (κ3) is 3.57. The van der Waals surface area contributed by atoms with E-state index in [1.165, 1.54) is 0 Å². The highest BCUT2D eigenvalue weighted by atomic mass is 16.4. The van der Waals surface area contributed by atoms with Crippen molar-refractivity contribution in [1.29, 1.82) is 0 Å². The highest BCUT2D eigenvalue weighted by molar-refractivity contribution is 6.14. The number of fused-ring (bicyclic) bond motifs is 3. The molecule has 9 heteroatoms. The number of carboxylic acid groups (broad SMARTS) is 1. The number of amides is 3. The van der Waals surface area contributed by atoms with Gasteiger partial charge in [0.05, 0.1) is 12.0 Å². The number of rotatable bonds is 4. The summed E-state index contributed by atoms with van der Waals surface area (Å²) < 4.78 is 0. The molecule has 0 bridgehead atoms. The number of piperazine rings is 1. The largest absolute Gasteiger partial charge is 0.480 e. The van der Waals surface area contributed by atoms with Gasteiger partial charge in [-0.05, 0) is 54.2 Å². The molecule has 2 saturated heterocycles. The van der Waals surface area contributed by atoms with Crippen LogP contribution in [0.15, 0.2) is 42.5 Å². The number of imide groups is 1. The maximum absolute atomic E-state index is 14.1. The van der Waals surface area contributed by atoms with Crippen molar-refractivity contribution in [3.63, 3.8) is 0 Å². The fourth-order valence-electron chi connectivity index (χ4n) is 6.34. The topological polar surface area (TPSA) is 110 Å². The summed E-state index contributed by atoms with van der Waals surface area (Å²) >= 11 is 0. The number of piperidine rings is 1. The van der Waals surface area contributed by atoms with E-state index >= 15 is 0 Å². The Hall–Kier alpha value is -3.72. The number of benzene rings is 2. The maximum Gasteiger partial charge on any atom is 0.317 e. The van der Waals surface area contributed by atoms with Crippen LogP contribution in [0.3, 0.4) is 0 Å². The van der Waals surface area contributed by atoms with Crippen molar-refractivity contribution in [3.8, 4) is 0 Å². The number of carbonyl (C=O) groups excluding carboxylic acids is 3. The molecule has 1 spiro atoms. The zero-order valence-corrected chi connectivity index (χ0v) is 19.9. The van der Waals surface area contributed by atoms with Crippen molar-refractivity contribution in [3.05, 3.63) is 59.2 Å². The zero-order valence-electron chi connectivity index (χ0n) is 19.9. The number of hydrogen-bond donors (Lipinski definition) is 2. The molecule has 4 aliphatic rings. The monoisotopic (exact) mass is 488 g/mol. The number of nitrogens with one attached hydrogen (secondary N) is 1. The SMILES string of the molecule is O=C(O)CN1CCN(c2ccc3c(c2)CC2(C3)C(=O)N(C3CCC(=O)NC3=O)c3ccccc32)CC1. The Bertz CT molecular complexity index is 1280. The summed E-state index contributed by atoms with van der Waals surface area (Å²) in [5.74, 6) is -1.58. The van der Waals surface area contributed by atoms with Crippen LogP contribution in [0.25, 0.3) is 0 Å². The zero-order chi connectivity index (χ0) is 25.0. The molecule has 6 rings (SSSR count). The molecule has 2 aromatic carbocycles. The second-order valence-corrected chi connectivity index (χ2v) is 10.2. The normalized spacial score (nSPS) is 25.8. The van der Waals surface area contributed by atoms with Crippen molar-refractivity contribution in [2.75, 3.05) is 42.5 Å². The number of para-hydroxylation sites is 1. The number of hydrogen-bond acceptors (Lipinski definition) is 6. The van der Waals surface area contributed by atoms with E-state index in [0.29, 0.717) is 32.4 Å². The van der Waals surface area contributed by atoms with E-state index in [-0.39, 0.29) is 24.8 Å². The summed E-state index contributed by atoms with van der Waals surface area (Å²) in [5, 5.41) is 11.4. The smallest absolute Gasteiger partial charge is 0.317 e. The standard InChI is InChI=1S/C27H28N4O5/c32-23-8-7-22(25(35)28-23)31-21-4-2-1-3-20(21)27(26(31)36)14-17-5-6-19(13-18(17)15-27)30-11-9-29(10-12-30)16-24(33)34/h1-6,13,22H,7-12,14-16H2,(H,33,34)(H,28,32,35). The van der Waals surface area contributed by atoms with E-state index in [1.807, 2.05) is 29.2 Å². The molecule has 0 aromatic heterocycles. The molecular formula is C27H28N4O5. The van der Waals surface area contributed by atoms with Crippen LogP contribution in [0.4, 0.5) is 11.4 Å². The van der Waals surface area contributed by atoms with Gasteiger partial charge in [-0.15, -0.1) is 0 Å². The number of nitrogens with zero attached hydrogens (tertiary/aromatic N) is 3. The molecule has 3 heterocycles. The first-order valence-corrected chi connectivity index (χ1v) is 12.4. The molecule has 1 aliphatic carbocycles. The van der Waals surface area contributed by atoms with E-state index in [9.17, 15) is 19.2 Å². The van der Waals surface area contributed by atoms with Crippen molar-refractivity contribution in [1.82, 2.24) is 10.2 Å². The van der Waals surface area contributed by atoms with Gasteiger partial charge in [-0.3, -0.25) is 34.3 Å². The fraction of sp³-hybridized carbons (Fsp3) is 0.407. The third-order valence-electron chi connectivity index (χ3n) is 8.10. The molecule has 9 nitrogen and oxygen atoms in total. The quantitative estimate of drug-likeness (QED) is 0.620. The van der Waals surface area contributed by atoms with Crippen molar-refractivity contribution >= 4 is 35.1 Å². The average molecular weight is 489 g/mol. The fourth-order valence-corrected chi connectivity index (χ4v) is 6.34. The summed E-state index contributed by atoms with van der Waals surface area (Å²) in [6, 6.07) is 13.4. The van der Waals surface area contributed by atoms with Crippen LogP contribution in [0.2, 0.25) is 0 Å². The summed E-state index contributed by atoms with van der Waals surface area (Å²) in [6.07, 6.45) is 1.69. The van der Waals surface area contributed by atoms with Gasteiger partial charge in [0, 0.05) is 44.0 Å². The predicted molar refractivity (Wildman–Crippen MR) is 132 cm³/mol. The molecular weight excluding hydrogens is 460 g/mol. The lowest BCUT2D eigenvalue weighted by Gasteiger charge is -2.35. The van der Waals surface area contributed by atoms with Crippen molar-refractivity contribution < 1.29 is 24.3 Å². The van der Waals surface area contributed by atoms with Crippen LogP contribution in [-0.4, -0.2) is 72.5 Å². The van der Waals surface area contributed by atoms with Gasteiger partial charge in [0.1, 0.15) is 6.04 Å². The molecule has 2 N–H and O–H groups in total. The number of aliphatic carboxylic acids is 1. The highest BCUT2D eigenvalue weighted by Crippen LogP contribution is 2.51. The van der Waals surface area contributed by atoms with Crippen LogP contribution in [-0.2, 0) is 37.4 Å². The molecule has 2 aromatic rings. The molecule has 2 atom stereocenters. The minimum absolute atomic E-state index is 0.0613. The second-order valence-electron chi connectivity index (χ2n) is 10.2. The van der Waals surface area contributed by atoms with E-state index < -0.39 is 23.3 Å². The Morgan fingerprint density at radius 3 is 2.50 bits per heavy atom. The third-order valence-corrected chi connectivity index (χ3v) is 8.10. The van der Waals surface area contributed by atoms with E-state index in [4.69, 9.17) is 5.11 Å². The molecule has 3 amide bonds. The van der Waals surface area contributed by atoms with Gasteiger partial charge in [-0.1, -0.05) is 24.3 Å². The molecule has 0 saturated carbocycles. The van der Waals surface area contributed by atoms with E-state index in [2.05, 4.69) is 28.4 Å². The Morgan fingerprint density at radius 2 is 1.75 bits per heavy atom. The summed E-state index contributed by atoms with van der Waals surface area (Å²) in [6.45, 7) is 2.95. The van der Waals surface area contributed by atoms with Gasteiger partial charge < -0.3 is 10.0 Å². The lowest BCUT2D eigenvalue weighted by molar-refractivity contribution is -0.138.